The van der Waals surface area contributed by atoms with Gasteiger partial charge in [0, 0.05) is 17.0 Å². The predicted octanol–water partition coefficient (Wildman–Crippen LogP) is 4.78. The molecule has 40 heavy (non-hydrogen) atoms. The van der Waals surface area contributed by atoms with E-state index in [1.165, 1.54) is 0 Å². The van der Waals surface area contributed by atoms with Gasteiger partial charge in [-0.2, -0.15) is 9.97 Å². The normalized spacial score (nSPS) is 24.1. The Morgan fingerprint density at radius 3 is 2.30 bits per heavy atom. The molecular formula is C29H24ClN5O5. The van der Waals surface area contributed by atoms with Crippen molar-refractivity contribution in [3.05, 3.63) is 65.5 Å². The van der Waals surface area contributed by atoms with Crippen LogP contribution in [0.2, 0.25) is 5.02 Å². The van der Waals surface area contributed by atoms with E-state index in [0.29, 0.717) is 46.2 Å². The monoisotopic (exact) mass is 557 g/mol. The number of aromatic amines is 1. The number of halogens is 1. The number of nitrogens with zero attached hydrogens (tertiary/aromatic N) is 4. The van der Waals surface area contributed by atoms with Gasteiger partial charge in [-0.15, -0.1) is 0 Å². The molecule has 3 aromatic heterocycles. The van der Waals surface area contributed by atoms with Crippen molar-refractivity contribution in [3.8, 4) is 39.8 Å². The Morgan fingerprint density at radius 2 is 1.55 bits per heavy atom. The number of aliphatic hydroxyl groups excluding tert-OH is 1. The minimum absolute atomic E-state index is 0.237. The second kappa shape index (κ2) is 9.38. The number of hydrogen-bond donors (Lipinski definition) is 2. The summed E-state index contributed by atoms with van der Waals surface area (Å²) in [5.74, 6) is 1.79. The lowest BCUT2D eigenvalue weighted by Crippen LogP contribution is -2.34. The molecule has 1 aliphatic carbocycles. The van der Waals surface area contributed by atoms with E-state index in [-0.39, 0.29) is 24.9 Å². The van der Waals surface area contributed by atoms with Crippen LogP contribution in [0, 0.1) is 0 Å². The van der Waals surface area contributed by atoms with Gasteiger partial charge < -0.3 is 28.8 Å². The van der Waals surface area contributed by atoms with E-state index in [4.69, 9.17) is 35.3 Å². The maximum atomic E-state index is 9.96. The molecule has 3 fully saturated rings. The van der Waals surface area contributed by atoms with Gasteiger partial charge in [-0.1, -0.05) is 65.3 Å². The number of rotatable bonds is 6. The fraction of sp³-hybridized carbons (Fsp3) is 0.310. The Bertz CT molecular complexity index is 1700. The number of fused-ring (bicyclic) bond motifs is 2. The van der Waals surface area contributed by atoms with Crippen LogP contribution in [0.5, 0.6) is 6.01 Å². The number of imidazole rings is 1. The molecule has 0 unspecified atom stereocenters. The third-order valence-corrected chi connectivity index (χ3v) is 7.94. The number of ether oxygens (including phenoxy) is 3. The Labute approximate surface area is 233 Å². The van der Waals surface area contributed by atoms with Gasteiger partial charge in [0.05, 0.1) is 29.4 Å². The van der Waals surface area contributed by atoms with Crippen LogP contribution in [0.1, 0.15) is 24.7 Å². The van der Waals surface area contributed by atoms with Gasteiger partial charge in [-0.3, -0.25) is 0 Å². The highest BCUT2D eigenvalue weighted by Crippen LogP contribution is 2.39. The van der Waals surface area contributed by atoms with Crippen LogP contribution in [0.15, 0.2) is 59.1 Å². The number of hydrogen-bond acceptors (Lipinski definition) is 9. The molecule has 2 aromatic carbocycles. The number of benzene rings is 2. The first-order valence-electron chi connectivity index (χ1n) is 13.3. The molecule has 10 nitrogen and oxygen atoms in total. The van der Waals surface area contributed by atoms with Gasteiger partial charge >= 0.3 is 0 Å². The quantitative estimate of drug-likeness (QED) is 0.303. The summed E-state index contributed by atoms with van der Waals surface area (Å²) in [5.41, 5.74) is 5.71. The van der Waals surface area contributed by atoms with Crippen molar-refractivity contribution in [2.75, 3.05) is 13.2 Å². The third-order valence-electron chi connectivity index (χ3n) is 7.65. The Balaban J connectivity index is 1.00. The van der Waals surface area contributed by atoms with E-state index in [9.17, 15) is 5.11 Å². The van der Waals surface area contributed by atoms with Gasteiger partial charge in [0.25, 0.3) is 6.01 Å². The molecule has 0 amide bonds. The molecule has 5 aromatic rings. The van der Waals surface area contributed by atoms with Gasteiger partial charge in [-0.05, 0) is 30.0 Å². The van der Waals surface area contributed by atoms with E-state index < -0.39 is 6.10 Å². The molecule has 8 rings (SSSR count). The van der Waals surface area contributed by atoms with E-state index in [1.807, 2.05) is 36.4 Å². The van der Waals surface area contributed by atoms with Crippen molar-refractivity contribution >= 4 is 22.8 Å². The van der Waals surface area contributed by atoms with Crippen LogP contribution >= 0.6 is 11.6 Å². The molecule has 0 spiro atoms. The number of nitrogens with one attached hydrogen (secondary N) is 1. The zero-order valence-electron chi connectivity index (χ0n) is 21.2. The average Bonchev–Trinajstić information content (AvgIpc) is 3.28. The smallest absolute Gasteiger partial charge is 0.296 e. The molecule has 0 radical (unpaired) electrons. The third kappa shape index (κ3) is 4.24. The first kappa shape index (κ1) is 24.0. The fourth-order valence-corrected chi connectivity index (χ4v) is 5.58. The minimum Gasteiger partial charge on any atom is -0.456 e. The Kier molecular flexibility index (Phi) is 5.63. The minimum atomic E-state index is -0.639. The maximum absolute atomic E-state index is 9.96. The van der Waals surface area contributed by atoms with Crippen LogP contribution in [-0.4, -0.2) is 67.8 Å². The first-order chi connectivity index (χ1) is 19.6. The standard InChI is InChI=1S/C29H24ClN5O5/c30-19-11-20-27(34-29(31-20)39-22-13-38-24-21(36)12-37-25(22)24)32-23(19)16-5-1-14(2-6-16)15-3-7-17(8-4-15)26-33-28(40-35-26)18-9-10-18/h1-8,11,18,21-22,24-25,36H,9-10,12-13H2,(H,31,32,34)/t21-,22-,24-,25-/m1/s1. The first-order valence-corrected chi connectivity index (χ1v) is 13.7. The molecule has 0 bridgehead atoms. The summed E-state index contributed by atoms with van der Waals surface area (Å²) in [5, 5.41) is 14.6. The number of H-pyrrole nitrogens is 1. The lowest BCUT2D eigenvalue weighted by atomic mass is 10.0. The maximum Gasteiger partial charge on any atom is 0.296 e. The predicted molar refractivity (Wildman–Crippen MR) is 145 cm³/mol. The zero-order chi connectivity index (χ0) is 26.8. The summed E-state index contributed by atoms with van der Waals surface area (Å²) < 4.78 is 22.7. The molecule has 5 heterocycles. The van der Waals surface area contributed by atoms with Crippen molar-refractivity contribution in [3.63, 3.8) is 0 Å². The fourth-order valence-electron chi connectivity index (χ4n) is 5.32. The zero-order valence-corrected chi connectivity index (χ0v) is 21.9. The van der Waals surface area contributed by atoms with Crippen molar-refractivity contribution in [1.29, 1.82) is 0 Å². The highest BCUT2D eigenvalue weighted by molar-refractivity contribution is 6.33. The van der Waals surface area contributed by atoms with Gasteiger partial charge in [0.1, 0.15) is 18.3 Å². The van der Waals surface area contributed by atoms with Crippen LogP contribution in [0.3, 0.4) is 0 Å². The summed E-state index contributed by atoms with van der Waals surface area (Å²) in [6.07, 6.45) is 0.541. The van der Waals surface area contributed by atoms with Crippen molar-refractivity contribution in [2.24, 2.45) is 0 Å². The second-order valence-corrected chi connectivity index (χ2v) is 10.8. The SMILES string of the molecule is O[C@@H]1CO[C@H]2[C@@H]1OC[C@H]2Oc1nc2nc(-c3ccc(-c4ccc(-c5noc(C6CC6)n5)cc4)cc3)c(Cl)cc2[nH]1. The number of pyridine rings is 1. The van der Waals surface area contributed by atoms with Crippen LogP contribution in [0.4, 0.5) is 0 Å². The van der Waals surface area contributed by atoms with Gasteiger partial charge in [0.15, 0.2) is 11.8 Å². The topological polar surface area (TPSA) is 128 Å². The van der Waals surface area contributed by atoms with E-state index in [0.717, 1.165) is 41.0 Å². The largest absolute Gasteiger partial charge is 0.456 e. The molecule has 11 heteroatoms. The van der Waals surface area contributed by atoms with Gasteiger partial charge in [-0.25, -0.2) is 4.98 Å². The van der Waals surface area contributed by atoms with Crippen molar-refractivity contribution in [1.82, 2.24) is 25.1 Å². The van der Waals surface area contributed by atoms with E-state index in [2.05, 4.69) is 32.2 Å². The molecule has 202 valence electrons. The lowest BCUT2D eigenvalue weighted by molar-refractivity contribution is 0.00706. The highest BCUT2D eigenvalue weighted by atomic mass is 35.5. The molecule has 4 atom stereocenters. The summed E-state index contributed by atoms with van der Waals surface area (Å²) in [6, 6.07) is 18.3. The lowest BCUT2D eigenvalue weighted by Gasteiger charge is -2.15. The summed E-state index contributed by atoms with van der Waals surface area (Å²) >= 11 is 6.63. The molecule has 3 aliphatic rings. The van der Waals surface area contributed by atoms with E-state index in [1.54, 1.807) is 6.07 Å². The van der Waals surface area contributed by atoms with Gasteiger partial charge in [0.2, 0.25) is 11.7 Å². The van der Waals surface area contributed by atoms with E-state index >= 15 is 0 Å². The molecule has 2 N–H and O–H groups in total. The van der Waals surface area contributed by atoms with Crippen molar-refractivity contribution < 1.29 is 23.8 Å². The summed E-state index contributed by atoms with van der Waals surface area (Å²) in [4.78, 5) is 16.9. The highest BCUT2D eigenvalue weighted by Gasteiger charge is 2.48. The second-order valence-electron chi connectivity index (χ2n) is 10.4. The van der Waals surface area contributed by atoms with Crippen LogP contribution in [-0.2, 0) is 9.47 Å². The summed E-state index contributed by atoms with van der Waals surface area (Å²) in [6.45, 7) is 0.553. The van der Waals surface area contributed by atoms with Crippen LogP contribution in [0.25, 0.3) is 44.9 Å². The summed E-state index contributed by atoms with van der Waals surface area (Å²) in [7, 11) is 0. The molecule has 2 aliphatic heterocycles. The van der Waals surface area contributed by atoms with Crippen LogP contribution < -0.4 is 4.74 Å². The Hall–Kier alpha value is -3.83. The van der Waals surface area contributed by atoms with Crippen molar-refractivity contribution in [2.45, 2.75) is 43.2 Å². The molecular weight excluding hydrogens is 534 g/mol. The number of aliphatic hydroxyl groups is 1. The molecule has 2 saturated heterocycles. The average molecular weight is 558 g/mol. The number of aromatic nitrogens is 5. The Morgan fingerprint density at radius 1 is 0.850 bits per heavy atom. The molecule has 1 saturated carbocycles.